The van der Waals surface area contributed by atoms with Gasteiger partial charge in [-0.3, -0.25) is 9.59 Å². The number of aliphatic hydroxyl groups excluding tert-OH is 2. The molecule has 0 spiro atoms. The van der Waals surface area contributed by atoms with Crippen LogP contribution in [-0.2, 0) is 22.4 Å². The number of carbonyl (C=O) groups is 2. The third kappa shape index (κ3) is 7.26. The van der Waals surface area contributed by atoms with Gasteiger partial charge in [0.25, 0.3) is 11.8 Å². The second-order valence-electron chi connectivity index (χ2n) is 7.35. The summed E-state index contributed by atoms with van der Waals surface area (Å²) in [5, 5.41) is 25.1. The van der Waals surface area contributed by atoms with Gasteiger partial charge in [-0.2, -0.15) is 0 Å². The highest BCUT2D eigenvalue weighted by Crippen LogP contribution is 2.28. The summed E-state index contributed by atoms with van der Waals surface area (Å²) in [6, 6.07) is 10.7. The van der Waals surface area contributed by atoms with Crippen LogP contribution < -0.4 is 29.6 Å². The van der Waals surface area contributed by atoms with Crippen LogP contribution in [0.25, 0.3) is 0 Å². The predicted molar refractivity (Wildman–Crippen MR) is 125 cm³/mol. The lowest BCUT2D eigenvalue weighted by Gasteiger charge is -2.17. The normalized spacial score (nSPS) is 12.3. The molecule has 10 heteroatoms. The van der Waals surface area contributed by atoms with Crippen LogP contribution in [0.4, 0.5) is 0 Å². The van der Waals surface area contributed by atoms with Crippen molar-refractivity contribution in [1.29, 1.82) is 0 Å². The van der Waals surface area contributed by atoms with Crippen molar-refractivity contribution < 1.29 is 38.7 Å². The Hall–Kier alpha value is -3.50. The highest BCUT2D eigenvalue weighted by Gasteiger charge is 2.29. The second kappa shape index (κ2) is 13.3. The van der Waals surface area contributed by atoms with E-state index in [0.717, 1.165) is 11.1 Å². The van der Waals surface area contributed by atoms with Gasteiger partial charge in [-0.05, 0) is 48.2 Å². The molecular formula is C24H32N2O8. The zero-order valence-corrected chi connectivity index (χ0v) is 19.8. The van der Waals surface area contributed by atoms with Crippen molar-refractivity contribution in [3.8, 4) is 23.0 Å². The van der Waals surface area contributed by atoms with Gasteiger partial charge in [0, 0.05) is 13.1 Å². The van der Waals surface area contributed by atoms with Crippen LogP contribution >= 0.6 is 0 Å². The summed E-state index contributed by atoms with van der Waals surface area (Å²) in [7, 11) is 6.13. The molecule has 0 unspecified atom stereocenters. The van der Waals surface area contributed by atoms with Gasteiger partial charge in [-0.15, -0.1) is 0 Å². The minimum Gasteiger partial charge on any atom is -0.493 e. The smallest absolute Gasteiger partial charge is 0.252 e. The van der Waals surface area contributed by atoms with Crippen LogP contribution in [-0.4, -0.2) is 75.8 Å². The van der Waals surface area contributed by atoms with Crippen molar-refractivity contribution in [3.05, 3.63) is 47.5 Å². The SMILES string of the molecule is COc1ccc(CCNC(=O)[C@H](O)[C@@H](O)C(=O)NCCc2ccc(OC)c(OC)c2)cc1OC. The van der Waals surface area contributed by atoms with E-state index < -0.39 is 24.0 Å². The molecule has 2 atom stereocenters. The monoisotopic (exact) mass is 476 g/mol. The first kappa shape index (κ1) is 26.7. The predicted octanol–water partition coefficient (Wildman–Crippen LogP) is 0.460. The third-order valence-corrected chi connectivity index (χ3v) is 5.16. The largest absolute Gasteiger partial charge is 0.493 e. The number of carbonyl (C=O) groups excluding carboxylic acids is 2. The van der Waals surface area contributed by atoms with E-state index in [2.05, 4.69) is 10.6 Å². The Labute approximate surface area is 198 Å². The van der Waals surface area contributed by atoms with Crippen LogP contribution in [0.2, 0.25) is 0 Å². The van der Waals surface area contributed by atoms with E-state index in [9.17, 15) is 19.8 Å². The second-order valence-corrected chi connectivity index (χ2v) is 7.35. The topological polar surface area (TPSA) is 136 Å². The lowest BCUT2D eigenvalue weighted by molar-refractivity contribution is -0.146. The fourth-order valence-corrected chi connectivity index (χ4v) is 3.23. The van der Waals surface area contributed by atoms with Crippen molar-refractivity contribution in [2.75, 3.05) is 41.5 Å². The first-order valence-corrected chi connectivity index (χ1v) is 10.7. The third-order valence-electron chi connectivity index (χ3n) is 5.16. The van der Waals surface area contributed by atoms with E-state index in [0.29, 0.717) is 35.8 Å². The minimum atomic E-state index is -1.90. The molecule has 0 bridgehead atoms. The molecule has 0 heterocycles. The first-order valence-electron chi connectivity index (χ1n) is 10.7. The summed E-state index contributed by atoms with van der Waals surface area (Å²) in [5.41, 5.74) is 1.75. The lowest BCUT2D eigenvalue weighted by atomic mass is 10.1. The maximum Gasteiger partial charge on any atom is 0.252 e. The van der Waals surface area contributed by atoms with Gasteiger partial charge in [0.2, 0.25) is 0 Å². The summed E-state index contributed by atoms with van der Waals surface area (Å²) in [4.78, 5) is 24.3. The lowest BCUT2D eigenvalue weighted by Crippen LogP contribution is -2.50. The van der Waals surface area contributed by atoms with Crippen molar-refractivity contribution >= 4 is 11.8 Å². The Balaban J connectivity index is 1.78. The molecule has 10 nitrogen and oxygen atoms in total. The van der Waals surface area contributed by atoms with E-state index >= 15 is 0 Å². The van der Waals surface area contributed by atoms with Gasteiger partial charge in [0.15, 0.2) is 35.2 Å². The van der Waals surface area contributed by atoms with E-state index in [-0.39, 0.29) is 13.1 Å². The zero-order chi connectivity index (χ0) is 25.1. The van der Waals surface area contributed by atoms with Gasteiger partial charge in [-0.1, -0.05) is 12.1 Å². The average Bonchev–Trinajstić information content (AvgIpc) is 2.87. The molecular weight excluding hydrogens is 444 g/mol. The quantitative estimate of drug-likeness (QED) is 0.328. The first-order chi connectivity index (χ1) is 16.3. The number of aliphatic hydroxyl groups is 2. The maximum absolute atomic E-state index is 12.2. The number of hydrogen-bond acceptors (Lipinski definition) is 8. The molecule has 0 fully saturated rings. The molecule has 2 aromatic carbocycles. The van der Waals surface area contributed by atoms with E-state index in [1.54, 1.807) is 24.3 Å². The van der Waals surface area contributed by atoms with Crippen LogP contribution in [0.5, 0.6) is 23.0 Å². The number of methoxy groups -OCH3 is 4. The molecule has 0 radical (unpaired) electrons. The minimum absolute atomic E-state index is 0.193. The molecule has 2 amide bonds. The summed E-state index contributed by atoms with van der Waals surface area (Å²) in [5.74, 6) is 0.612. The van der Waals surface area contributed by atoms with Gasteiger partial charge in [0.05, 0.1) is 28.4 Å². The van der Waals surface area contributed by atoms with Crippen molar-refractivity contribution in [2.24, 2.45) is 0 Å². The van der Waals surface area contributed by atoms with Gasteiger partial charge in [-0.25, -0.2) is 0 Å². The summed E-state index contributed by atoms with van der Waals surface area (Å²) in [6.45, 7) is 0.387. The molecule has 0 aliphatic heterocycles. The van der Waals surface area contributed by atoms with Crippen molar-refractivity contribution in [1.82, 2.24) is 10.6 Å². The van der Waals surface area contributed by atoms with E-state index in [1.807, 2.05) is 12.1 Å². The Morgan fingerprint density at radius 3 is 1.35 bits per heavy atom. The Morgan fingerprint density at radius 2 is 1.03 bits per heavy atom. The van der Waals surface area contributed by atoms with Crippen molar-refractivity contribution in [3.63, 3.8) is 0 Å². The number of ether oxygens (including phenoxy) is 4. The Kier molecular flexibility index (Phi) is 10.4. The average molecular weight is 477 g/mol. The molecule has 2 aromatic rings. The number of nitrogens with one attached hydrogen (secondary N) is 2. The zero-order valence-electron chi connectivity index (χ0n) is 19.8. The molecule has 0 saturated heterocycles. The van der Waals surface area contributed by atoms with E-state index in [1.165, 1.54) is 28.4 Å². The molecule has 2 rings (SSSR count). The fourth-order valence-electron chi connectivity index (χ4n) is 3.23. The van der Waals surface area contributed by atoms with Crippen LogP contribution in [0.3, 0.4) is 0 Å². The number of hydrogen-bond donors (Lipinski definition) is 4. The standard InChI is InChI=1S/C24H32N2O8/c1-31-17-7-5-15(13-19(17)33-3)9-11-25-23(29)21(27)22(28)24(30)26-12-10-16-6-8-18(32-2)20(14-16)34-4/h5-8,13-14,21-22,27-28H,9-12H2,1-4H3,(H,25,29)(H,26,30)/t21-,22-/m1/s1. The summed E-state index contributed by atoms with van der Waals surface area (Å²) >= 11 is 0. The molecule has 0 aromatic heterocycles. The highest BCUT2D eigenvalue weighted by molar-refractivity contribution is 5.90. The Morgan fingerprint density at radius 1 is 0.676 bits per heavy atom. The maximum atomic E-state index is 12.2. The fraction of sp³-hybridized carbons (Fsp3) is 0.417. The molecule has 0 aliphatic carbocycles. The Bertz CT molecular complexity index is 888. The number of benzene rings is 2. The van der Waals surface area contributed by atoms with E-state index in [4.69, 9.17) is 18.9 Å². The van der Waals surface area contributed by atoms with Crippen LogP contribution in [0.1, 0.15) is 11.1 Å². The highest BCUT2D eigenvalue weighted by atomic mass is 16.5. The number of rotatable bonds is 13. The summed E-state index contributed by atoms with van der Waals surface area (Å²) < 4.78 is 20.8. The molecule has 0 saturated carbocycles. The van der Waals surface area contributed by atoms with Crippen molar-refractivity contribution in [2.45, 2.75) is 25.0 Å². The molecule has 4 N–H and O–H groups in total. The van der Waals surface area contributed by atoms with Gasteiger partial charge < -0.3 is 39.8 Å². The van der Waals surface area contributed by atoms with Crippen LogP contribution in [0.15, 0.2) is 36.4 Å². The number of amides is 2. The summed E-state index contributed by atoms with van der Waals surface area (Å²) in [6.07, 6.45) is -2.89. The molecule has 186 valence electrons. The van der Waals surface area contributed by atoms with Gasteiger partial charge in [0.1, 0.15) is 0 Å². The van der Waals surface area contributed by atoms with Crippen LogP contribution in [0, 0.1) is 0 Å². The molecule has 34 heavy (non-hydrogen) atoms. The van der Waals surface area contributed by atoms with Gasteiger partial charge >= 0.3 is 0 Å². The molecule has 0 aliphatic rings.